The molecule has 0 spiro atoms. The summed E-state index contributed by atoms with van der Waals surface area (Å²) in [5.41, 5.74) is 10.7. The molecule has 1 amide bonds. The van der Waals surface area contributed by atoms with E-state index < -0.39 is 23.5 Å². The van der Waals surface area contributed by atoms with Crippen LogP contribution in [0.1, 0.15) is 66.2 Å². The summed E-state index contributed by atoms with van der Waals surface area (Å²) in [5.74, 6) is -0.845. The topological polar surface area (TPSA) is 128 Å². The third kappa shape index (κ3) is 5.88. The number of aromatic nitrogens is 4. The molecule has 2 aromatic heterocycles. The van der Waals surface area contributed by atoms with E-state index in [1.807, 2.05) is 9.47 Å². The predicted octanol–water partition coefficient (Wildman–Crippen LogP) is 4.10. The van der Waals surface area contributed by atoms with Crippen LogP contribution >= 0.6 is 0 Å². The summed E-state index contributed by atoms with van der Waals surface area (Å²) in [6.07, 6.45) is 4.24. The Labute approximate surface area is 229 Å². The van der Waals surface area contributed by atoms with Gasteiger partial charge in [-0.3, -0.25) is 4.79 Å². The highest BCUT2D eigenvalue weighted by Crippen LogP contribution is 2.36. The van der Waals surface area contributed by atoms with E-state index in [0.717, 1.165) is 30.8 Å². The number of halogens is 4. The van der Waals surface area contributed by atoms with E-state index >= 15 is 0 Å². The van der Waals surface area contributed by atoms with Gasteiger partial charge in [-0.05, 0) is 43.9 Å². The van der Waals surface area contributed by atoms with Crippen LogP contribution in [0.5, 0.6) is 0 Å². The number of nitrogens with one attached hydrogen (secondary N) is 1. The molecule has 1 aromatic carbocycles. The van der Waals surface area contributed by atoms with Gasteiger partial charge in [0.1, 0.15) is 35.2 Å². The van der Waals surface area contributed by atoms with Gasteiger partial charge in [-0.25, -0.2) is 19.3 Å². The van der Waals surface area contributed by atoms with Crippen molar-refractivity contribution < 1.29 is 22.4 Å². The second-order valence-corrected chi connectivity index (χ2v) is 10.4. The fourth-order valence-electron chi connectivity index (χ4n) is 5.71. The average molecular weight is 561 g/mol. The number of nitrogens with two attached hydrogens (primary N) is 2. The lowest BCUT2D eigenvalue weighted by Crippen LogP contribution is -2.36. The minimum atomic E-state index is -4.81. The maximum atomic E-state index is 13.9. The van der Waals surface area contributed by atoms with Gasteiger partial charge in [0, 0.05) is 49.9 Å². The van der Waals surface area contributed by atoms with E-state index in [0.29, 0.717) is 56.6 Å². The number of amides is 1. The lowest BCUT2D eigenvalue weighted by molar-refractivity contribution is -0.139. The molecule has 1 aliphatic carbocycles. The van der Waals surface area contributed by atoms with Crippen molar-refractivity contribution in [3.05, 3.63) is 53.5 Å². The lowest BCUT2D eigenvalue weighted by Gasteiger charge is -2.33. The number of benzene rings is 1. The summed E-state index contributed by atoms with van der Waals surface area (Å²) in [6.45, 7) is 2.38. The molecule has 5 rings (SSSR count). The number of nitrogen functional groups attached to an aromatic ring is 1. The molecule has 1 saturated heterocycles. The molecular weight excluding hydrogens is 528 g/mol. The molecule has 1 saturated carbocycles. The molecule has 1 aliphatic heterocycles. The number of piperidine rings is 1. The van der Waals surface area contributed by atoms with Crippen LogP contribution in [-0.4, -0.2) is 51.1 Å². The Morgan fingerprint density at radius 1 is 1.10 bits per heavy atom. The average Bonchev–Trinajstić information content (AvgIpc) is 3.59. The number of alkyl halides is 3. The van der Waals surface area contributed by atoms with Gasteiger partial charge in [0.15, 0.2) is 0 Å². The summed E-state index contributed by atoms with van der Waals surface area (Å²) in [4.78, 5) is 26.8. The van der Waals surface area contributed by atoms with Crippen molar-refractivity contribution in [3.8, 4) is 11.3 Å². The van der Waals surface area contributed by atoms with Crippen molar-refractivity contribution in [3.63, 3.8) is 0 Å². The zero-order chi connectivity index (χ0) is 28.4. The highest BCUT2D eigenvalue weighted by atomic mass is 19.4. The van der Waals surface area contributed by atoms with Crippen LogP contribution in [0, 0.1) is 5.82 Å². The highest BCUT2D eigenvalue weighted by Gasteiger charge is 2.35. The minimum absolute atomic E-state index is 0.00947. The molecule has 3 aromatic rings. The maximum absolute atomic E-state index is 13.9. The van der Waals surface area contributed by atoms with Gasteiger partial charge in [0.05, 0.1) is 11.3 Å². The van der Waals surface area contributed by atoms with Crippen LogP contribution in [-0.2, 0) is 12.7 Å². The van der Waals surface area contributed by atoms with Crippen molar-refractivity contribution in [2.75, 3.05) is 30.3 Å². The first-order chi connectivity index (χ1) is 19.1. The van der Waals surface area contributed by atoms with E-state index in [2.05, 4.69) is 15.3 Å². The van der Waals surface area contributed by atoms with Crippen LogP contribution in [0.2, 0.25) is 0 Å². The van der Waals surface area contributed by atoms with Crippen molar-refractivity contribution in [2.24, 2.45) is 5.73 Å². The first-order valence-electron chi connectivity index (χ1n) is 13.4. The van der Waals surface area contributed by atoms with Crippen LogP contribution in [0.25, 0.3) is 11.3 Å². The molecule has 0 radical (unpaired) electrons. The van der Waals surface area contributed by atoms with Crippen molar-refractivity contribution in [2.45, 2.75) is 63.2 Å². The summed E-state index contributed by atoms with van der Waals surface area (Å²) in [5, 5.41) is 3.57. The standard InChI is InChI=1S/C27H32F4N8O/c28-20-6-5-17(13-19(20)27(29,30)31)21-14-39(12-9-34-18-3-1-2-4-18)25(37-21)16-7-10-38(11-8-16)26-22(24(33)40)23(32)35-15-36-26/h5-6,13-16,18,34H,1-4,7-12H2,(H2,33,40)(H2,32,35,36). The predicted molar refractivity (Wildman–Crippen MR) is 142 cm³/mol. The van der Waals surface area contributed by atoms with Gasteiger partial charge in [0.25, 0.3) is 5.91 Å². The Kier molecular flexibility index (Phi) is 7.92. The maximum Gasteiger partial charge on any atom is 0.419 e. The normalized spacial score (nSPS) is 17.1. The highest BCUT2D eigenvalue weighted by molar-refractivity contribution is 6.01. The van der Waals surface area contributed by atoms with E-state index in [1.165, 1.54) is 25.2 Å². The van der Waals surface area contributed by atoms with Crippen molar-refractivity contribution in [1.82, 2.24) is 24.8 Å². The summed E-state index contributed by atoms with van der Waals surface area (Å²) >= 11 is 0. The van der Waals surface area contributed by atoms with Gasteiger partial charge >= 0.3 is 6.18 Å². The van der Waals surface area contributed by atoms with E-state index in [4.69, 9.17) is 16.5 Å². The number of carbonyl (C=O) groups excluding carboxylic acids is 1. The largest absolute Gasteiger partial charge is 0.419 e. The van der Waals surface area contributed by atoms with Crippen LogP contribution in [0.3, 0.4) is 0 Å². The smallest absolute Gasteiger partial charge is 0.383 e. The molecule has 5 N–H and O–H groups in total. The third-order valence-corrected chi connectivity index (χ3v) is 7.78. The number of hydrogen-bond acceptors (Lipinski definition) is 7. The number of anilines is 2. The quantitative estimate of drug-likeness (QED) is 0.354. The number of hydrogen-bond donors (Lipinski definition) is 3. The molecule has 2 aliphatic rings. The molecule has 3 heterocycles. The fraction of sp³-hybridized carbons (Fsp3) is 0.481. The first kappa shape index (κ1) is 27.8. The zero-order valence-electron chi connectivity index (χ0n) is 21.9. The van der Waals surface area contributed by atoms with Gasteiger partial charge in [0.2, 0.25) is 0 Å². The summed E-state index contributed by atoms with van der Waals surface area (Å²) in [7, 11) is 0. The molecule has 0 bridgehead atoms. The molecule has 40 heavy (non-hydrogen) atoms. The molecular formula is C27H32F4N8O. The summed E-state index contributed by atoms with van der Waals surface area (Å²) in [6, 6.07) is 3.45. The van der Waals surface area contributed by atoms with E-state index in [1.54, 1.807) is 6.20 Å². The molecule has 0 atom stereocenters. The van der Waals surface area contributed by atoms with Crippen molar-refractivity contribution in [1.29, 1.82) is 0 Å². The molecule has 9 nitrogen and oxygen atoms in total. The van der Waals surface area contributed by atoms with Crippen LogP contribution < -0.4 is 21.7 Å². The number of imidazole rings is 1. The monoisotopic (exact) mass is 560 g/mol. The Balaban J connectivity index is 1.39. The second-order valence-electron chi connectivity index (χ2n) is 10.4. The summed E-state index contributed by atoms with van der Waals surface area (Å²) < 4.78 is 56.1. The Morgan fingerprint density at radius 2 is 1.82 bits per heavy atom. The second kappa shape index (κ2) is 11.4. The fourth-order valence-corrected chi connectivity index (χ4v) is 5.71. The van der Waals surface area contributed by atoms with Gasteiger partial charge in [-0.15, -0.1) is 0 Å². The minimum Gasteiger partial charge on any atom is -0.383 e. The number of carbonyl (C=O) groups is 1. The number of nitrogens with zero attached hydrogens (tertiary/aromatic N) is 5. The molecule has 2 fully saturated rings. The SMILES string of the molecule is NC(=O)c1c(N)ncnc1N1CCC(c2nc(-c3ccc(F)c(C(F)(F)F)c3)cn2CCNC2CCCC2)CC1. The number of primary amides is 1. The van der Waals surface area contributed by atoms with Crippen molar-refractivity contribution >= 4 is 17.5 Å². The number of rotatable bonds is 8. The van der Waals surface area contributed by atoms with Crippen LogP contribution in [0.4, 0.5) is 29.2 Å². The van der Waals surface area contributed by atoms with Gasteiger partial charge in [-0.1, -0.05) is 12.8 Å². The lowest BCUT2D eigenvalue weighted by atomic mass is 9.95. The Morgan fingerprint density at radius 3 is 2.50 bits per heavy atom. The van der Waals surface area contributed by atoms with Crippen LogP contribution in [0.15, 0.2) is 30.7 Å². The zero-order valence-corrected chi connectivity index (χ0v) is 21.9. The van der Waals surface area contributed by atoms with E-state index in [9.17, 15) is 22.4 Å². The third-order valence-electron chi connectivity index (χ3n) is 7.78. The Hall–Kier alpha value is -3.74. The van der Waals surface area contributed by atoms with E-state index in [-0.39, 0.29) is 22.9 Å². The molecule has 214 valence electrons. The van der Waals surface area contributed by atoms with Gasteiger partial charge < -0.3 is 26.3 Å². The molecule has 0 unspecified atom stereocenters. The molecule has 13 heteroatoms. The van der Waals surface area contributed by atoms with Gasteiger partial charge in [-0.2, -0.15) is 13.2 Å². The Bertz CT molecular complexity index is 1360. The first-order valence-corrected chi connectivity index (χ1v) is 13.4.